The Hall–Kier alpha value is -2.28. The van der Waals surface area contributed by atoms with Crippen LogP contribution in [-0.4, -0.2) is 51.8 Å². The van der Waals surface area contributed by atoms with E-state index in [4.69, 9.17) is 9.47 Å². The fourth-order valence-corrected chi connectivity index (χ4v) is 1.93. The Morgan fingerprint density at radius 3 is 2.75 bits per heavy atom. The summed E-state index contributed by atoms with van der Waals surface area (Å²) in [5.74, 6) is 1.25. The highest BCUT2D eigenvalue weighted by atomic mass is 16.5. The number of hydrogen-bond acceptors (Lipinski definition) is 4. The van der Waals surface area contributed by atoms with Crippen LogP contribution in [0.25, 0.3) is 0 Å². The van der Waals surface area contributed by atoms with Crippen LogP contribution in [0.15, 0.2) is 29.3 Å². The maximum absolute atomic E-state index is 11.4. The molecule has 0 spiro atoms. The molecular weight excluding hydrogens is 308 g/mol. The first-order chi connectivity index (χ1) is 11.7. The molecule has 7 heteroatoms. The quantitative estimate of drug-likeness (QED) is 0.336. The van der Waals surface area contributed by atoms with Crippen molar-refractivity contribution in [1.82, 2.24) is 16.0 Å². The largest absolute Gasteiger partial charge is 0.484 e. The van der Waals surface area contributed by atoms with Crippen molar-refractivity contribution in [2.45, 2.75) is 20.4 Å². The summed E-state index contributed by atoms with van der Waals surface area (Å²) < 4.78 is 10.8. The van der Waals surface area contributed by atoms with Crippen molar-refractivity contribution < 1.29 is 14.3 Å². The number of rotatable bonds is 10. The number of hydrogen-bond donors (Lipinski definition) is 3. The van der Waals surface area contributed by atoms with Gasteiger partial charge in [-0.3, -0.25) is 9.79 Å². The van der Waals surface area contributed by atoms with E-state index in [9.17, 15) is 4.79 Å². The number of nitrogens with one attached hydrogen (secondary N) is 3. The lowest BCUT2D eigenvalue weighted by Crippen LogP contribution is -2.38. The molecule has 0 radical (unpaired) electrons. The van der Waals surface area contributed by atoms with E-state index in [2.05, 4.69) is 20.9 Å². The third-order valence-electron chi connectivity index (χ3n) is 3.07. The molecule has 0 atom stereocenters. The number of guanidine groups is 1. The van der Waals surface area contributed by atoms with Gasteiger partial charge in [0.05, 0.1) is 6.61 Å². The van der Waals surface area contributed by atoms with Crippen molar-refractivity contribution in [2.75, 3.05) is 40.0 Å². The van der Waals surface area contributed by atoms with Crippen molar-refractivity contribution in [3.05, 3.63) is 29.8 Å². The van der Waals surface area contributed by atoms with E-state index in [0.717, 1.165) is 5.56 Å². The molecule has 24 heavy (non-hydrogen) atoms. The van der Waals surface area contributed by atoms with Gasteiger partial charge in [0.2, 0.25) is 0 Å². The van der Waals surface area contributed by atoms with Crippen LogP contribution in [0.5, 0.6) is 5.75 Å². The third-order valence-corrected chi connectivity index (χ3v) is 3.07. The van der Waals surface area contributed by atoms with Gasteiger partial charge in [0, 0.05) is 33.3 Å². The summed E-state index contributed by atoms with van der Waals surface area (Å²) >= 11 is 0. The first kappa shape index (κ1) is 19.8. The van der Waals surface area contributed by atoms with Gasteiger partial charge in [0.1, 0.15) is 5.75 Å². The van der Waals surface area contributed by atoms with E-state index < -0.39 is 0 Å². The smallest absolute Gasteiger partial charge is 0.257 e. The van der Waals surface area contributed by atoms with Crippen molar-refractivity contribution in [3.63, 3.8) is 0 Å². The summed E-state index contributed by atoms with van der Waals surface area (Å²) in [6, 6.07) is 7.62. The topological polar surface area (TPSA) is 84.0 Å². The zero-order chi connectivity index (χ0) is 17.6. The van der Waals surface area contributed by atoms with Gasteiger partial charge in [-0.2, -0.15) is 0 Å². The Labute approximate surface area is 143 Å². The fourth-order valence-electron chi connectivity index (χ4n) is 1.93. The summed E-state index contributed by atoms with van der Waals surface area (Å²) in [6.07, 6.45) is 0. The maximum Gasteiger partial charge on any atom is 0.257 e. The third kappa shape index (κ3) is 8.38. The Morgan fingerprint density at radius 1 is 1.21 bits per heavy atom. The first-order valence-corrected chi connectivity index (χ1v) is 8.20. The molecule has 0 aliphatic heterocycles. The Kier molecular flexibility index (Phi) is 10.0. The standard InChI is InChI=1S/C17H28N4O3/c1-4-19-16(22)13-24-15-8-6-7-14(11-15)12-21-17(18-3)20-9-10-23-5-2/h6-8,11H,4-5,9-10,12-13H2,1-3H3,(H,19,22)(H2,18,20,21). The Bertz CT molecular complexity index is 520. The molecule has 0 aliphatic carbocycles. The van der Waals surface area contributed by atoms with E-state index in [1.54, 1.807) is 7.05 Å². The number of nitrogens with zero attached hydrogens (tertiary/aromatic N) is 1. The molecule has 7 nitrogen and oxygen atoms in total. The van der Waals surface area contributed by atoms with Crippen LogP contribution in [0, 0.1) is 0 Å². The van der Waals surface area contributed by atoms with Crippen LogP contribution < -0.4 is 20.7 Å². The molecular formula is C17H28N4O3. The van der Waals surface area contributed by atoms with Crippen LogP contribution in [0.2, 0.25) is 0 Å². The van der Waals surface area contributed by atoms with Gasteiger partial charge < -0.3 is 25.4 Å². The number of likely N-dealkylation sites (N-methyl/N-ethyl adjacent to an activating group) is 1. The highest BCUT2D eigenvalue weighted by molar-refractivity contribution is 5.79. The summed E-state index contributed by atoms with van der Waals surface area (Å²) in [5.41, 5.74) is 1.04. The van der Waals surface area contributed by atoms with Crippen molar-refractivity contribution in [1.29, 1.82) is 0 Å². The summed E-state index contributed by atoms with van der Waals surface area (Å²) in [5, 5.41) is 9.09. The average molecular weight is 336 g/mol. The number of ether oxygens (including phenoxy) is 2. The van der Waals surface area contributed by atoms with E-state index in [-0.39, 0.29) is 12.5 Å². The minimum Gasteiger partial charge on any atom is -0.484 e. The molecule has 0 aliphatic rings. The van der Waals surface area contributed by atoms with Crippen LogP contribution in [0.3, 0.4) is 0 Å². The molecule has 3 N–H and O–H groups in total. The molecule has 1 aromatic carbocycles. The summed E-state index contributed by atoms with van der Waals surface area (Å²) in [6.45, 7) is 7.10. The lowest BCUT2D eigenvalue weighted by molar-refractivity contribution is -0.122. The zero-order valence-corrected chi connectivity index (χ0v) is 14.7. The molecule has 0 fully saturated rings. The average Bonchev–Trinajstić information content (AvgIpc) is 2.60. The van der Waals surface area contributed by atoms with Gasteiger partial charge in [-0.1, -0.05) is 12.1 Å². The van der Waals surface area contributed by atoms with Crippen LogP contribution >= 0.6 is 0 Å². The molecule has 1 rings (SSSR count). The number of aliphatic imine (C=N–C) groups is 1. The molecule has 0 heterocycles. The Balaban J connectivity index is 2.41. The number of benzene rings is 1. The second-order valence-electron chi connectivity index (χ2n) is 4.94. The molecule has 0 aromatic heterocycles. The highest BCUT2D eigenvalue weighted by Crippen LogP contribution is 2.13. The van der Waals surface area contributed by atoms with Crippen LogP contribution in [0.1, 0.15) is 19.4 Å². The van der Waals surface area contributed by atoms with Crippen LogP contribution in [-0.2, 0) is 16.1 Å². The molecule has 134 valence electrons. The maximum atomic E-state index is 11.4. The molecule has 1 amide bonds. The predicted octanol–water partition coefficient (Wildman–Crippen LogP) is 0.903. The highest BCUT2D eigenvalue weighted by Gasteiger charge is 2.03. The van der Waals surface area contributed by atoms with E-state index in [1.165, 1.54) is 0 Å². The second kappa shape index (κ2) is 12.2. The lowest BCUT2D eigenvalue weighted by Gasteiger charge is -2.12. The molecule has 1 aromatic rings. The molecule has 0 unspecified atom stereocenters. The van der Waals surface area contributed by atoms with E-state index in [1.807, 2.05) is 38.1 Å². The van der Waals surface area contributed by atoms with E-state index >= 15 is 0 Å². The van der Waals surface area contributed by atoms with Gasteiger partial charge >= 0.3 is 0 Å². The van der Waals surface area contributed by atoms with Gasteiger partial charge in [0.15, 0.2) is 12.6 Å². The minimum atomic E-state index is -0.125. The van der Waals surface area contributed by atoms with Crippen molar-refractivity contribution in [3.8, 4) is 5.75 Å². The second-order valence-corrected chi connectivity index (χ2v) is 4.94. The normalized spacial score (nSPS) is 11.0. The molecule has 0 bridgehead atoms. The SMILES string of the molecule is CCNC(=O)COc1cccc(CNC(=NC)NCCOCC)c1. The monoisotopic (exact) mass is 336 g/mol. The zero-order valence-electron chi connectivity index (χ0n) is 14.7. The van der Waals surface area contributed by atoms with Gasteiger partial charge in [0.25, 0.3) is 5.91 Å². The summed E-state index contributed by atoms with van der Waals surface area (Å²) in [4.78, 5) is 15.6. The first-order valence-electron chi connectivity index (χ1n) is 8.20. The Morgan fingerprint density at radius 2 is 2.04 bits per heavy atom. The van der Waals surface area contributed by atoms with Gasteiger partial charge in [-0.15, -0.1) is 0 Å². The van der Waals surface area contributed by atoms with Gasteiger partial charge in [-0.25, -0.2) is 0 Å². The van der Waals surface area contributed by atoms with Crippen molar-refractivity contribution in [2.24, 2.45) is 4.99 Å². The van der Waals surface area contributed by atoms with Crippen LogP contribution in [0.4, 0.5) is 0 Å². The summed E-state index contributed by atoms with van der Waals surface area (Å²) in [7, 11) is 1.72. The number of carbonyl (C=O) groups excluding carboxylic acids is 1. The number of amides is 1. The number of carbonyl (C=O) groups is 1. The molecule has 0 saturated carbocycles. The predicted molar refractivity (Wildman–Crippen MR) is 95.3 cm³/mol. The fraction of sp³-hybridized carbons (Fsp3) is 0.529. The minimum absolute atomic E-state index is 0.0192. The van der Waals surface area contributed by atoms with Crippen molar-refractivity contribution >= 4 is 11.9 Å². The van der Waals surface area contributed by atoms with Gasteiger partial charge in [-0.05, 0) is 31.5 Å². The lowest BCUT2D eigenvalue weighted by atomic mass is 10.2. The molecule has 0 saturated heterocycles. The van der Waals surface area contributed by atoms with E-state index in [0.29, 0.717) is 44.6 Å².